The van der Waals surface area contributed by atoms with Crippen LogP contribution in [0.15, 0.2) is 12.4 Å². The molecule has 1 fully saturated rings. The number of nitrogens with zero attached hydrogens (tertiary/aromatic N) is 3. The van der Waals surface area contributed by atoms with Gasteiger partial charge in [0.2, 0.25) is 5.91 Å². The Morgan fingerprint density at radius 1 is 1.50 bits per heavy atom. The van der Waals surface area contributed by atoms with Crippen molar-refractivity contribution in [2.45, 2.75) is 45.1 Å². The summed E-state index contributed by atoms with van der Waals surface area (Å²) in [5.74, 6) is 0.178. The normalized spacial score (nSPS) is 19.9. The topological polar surface area (TPSA) is 46.1 Å². The SMILES string of the molecule is CC(=O)N1CCCC[C@@H]1CCc1cncc(Cl)n1. The lowest BCUT2D eigenvalue weighted by Crippen LogP contribution is -2.42. The van der Waals surface area contributed by atoms with E-state index in [1.165, 1.54) is 12.6 Å². The van der Waals surface area contributed by atoms with Gasteiger partial charge in [-0.05, 0) is 32.1 Å². The van der Waals surface area contributed by atoms with Crippen molar-refractivity contribution in [1.82, 2.24) is 14.9 Å². The first-order chi connectivity index (χ1) is 8.66. The number of halogens is 1. The van der Waals surface area contributed by atoms with Gasteiger partial charge in [-0.25, -0.2) is 4.98 Å². The van der Waals surface area contributed by atoms with Crippen molar-refractivity contribution in [2.24, 2.45) is 0 Å². The highest BCUT2D eigenvalue weighted by atomic mass is 35.5. The molecule has 98 valence electrons. The Labute approximate surface area is 112 Å². The van der Waals surface area contributed by atoms with Gasteiger partial charge in [0.1, 0.15) is 5.15 Å². The van der Waals surface area contributed by atoms with E-state index in [-0.39, 0.29) is 5.91 Å². The zero-order chi connectivity index (χ0) is 13.0. The van der Waals surface area contributed by atoms with Crippen LogP contribution in [-0.2, 0) is 11.2 Å². The molecule has 0 unspecified atom stereocenters. The summed E-state index contributed by atoms with van der Waals surface area (Å²) in [6.07, 6.45) is 8.45. The molecule has 0 aromatic carbocycles. The van der Waals surface area contributed by atoms with Crippen molar-refractivity contribution in [1.29, 1.82) is 0 Å². The van der Waals surface area contributed by atoms with Gasteiger partial charge in [0.25, 0.3) is 0 Å². The lowest BCUT2D eigenvalue weighted by atomic mass is 9.97. The second kappa shape index (κ2) is 6.14. The minimum absolute atomic E-state index is 0.178. The Morgan fingerprint density at radius 3 is 3.06 bits per heavy atom. The van der Waals surface area contributed by atoms with Crippen molar-refractivity contribution < 1.29 is 4.79 Å². The molecule has 1 atom stereocenters. The maximum Gasteiger partial charge on any atom is 0.219 e. The lowest BCUT2D eigenvalue weighted by molar-refractivity contribution is -0.132. The maximum atomic E-state index is 11.6. The second-order valence-electron chi connectivity index (χ2n) is 4.73. The summed E-state index contributed by atoms with van der Waals surface area (Å²) in [5, 5.41) is 0.430. The smallest absolute Gasteiger partial charge is 0.219 e. The van der Waals surface area contributed by atoms with Crippen LogP contribution in [-0.4, -0.2) is 33.4 Å². The third-order valence-corrected chi connectivity index (χ3v) is 3.60. The van der Waals surface area contributed by atoms with Crippen LogP contribution in [0.5, 0.6) is 0 Å². The van der Waals surface area contributed by atoms with Crippen LogP contribution in [0.1, 0.15) is 38.3 Å². The fourth-order valence-electron chi connectivity index (χ4n) is 2.53. The number of hydrogen-bond donors (Lipinski definition) is 0. The standard InChI is InChI=1S/C13H18ClN3O/c1-10(18)17-7-3-2-4-12(17)6-5-11-8-15-9-13(14)16-11/h8-9,12H,2-7H2,1H3/t12-/m1/s1. The number of amides is 1. The Balaban J connectivity index is 1.93. The summed E-state index contributed by atoms with van der Waals surface area (Å²) in [6, 6.07) is 0.344. The summed E-state index contributed by atoms with van der Waals surface area (Å²) in [7, 11) is 0. The van der Waals surface area contributed by atoms with Gasteiger partial charge in [0, 0.05) is 25.7 Å². The molecule has 1 aromatic heterocycles. The van der Waals surface area contributed by atoms with E-state index in [0.29, 0.717) is 11.2 Å². The fraction of sp³-hybridized carbons (Fsp3) is 0.615. The van der Waals surface area contributed by atoms with Crippen molar-refractivity contribution in [3.8, 4) is 0 Å². The van der Waals surface area contributed by atoms with E-state index >= 15 is 0 Å². The van der Waals surface area contributed by atoms with Gasteiger partial charge in [-0.15, -0.1) is 0 Å². The Kier molecular flexibility index (Phi) is 4.53. The molecule has 0 radical (unpaired) electrons. The molecule has 1 aromatic rings. The average molecular weight is 268 g/mol. The van der Waals surface area contributed by atoms with E-state index in [2.05, 4.69) is 9.97 Å². The minimum Gasteiger partial charge on any atom is -0.340 e. The summed E-state index contributed by atoms with van der Waals surface area (Å²) < 4.78 is 0. The molecule has 0 spiro atoms. The predicted octanol–water partition coefficient (Wildman–Crippen LogP) is 2.46. The number of aromatic nitrogens is 2. The first-order valence-electron chi connectivity index (χ1n) is 6.40. The molecule has 0 N–H and O–H groups in total. The molecule has 1 amide bonds. The van der Waals surface area contributed by atoms with Gasteiger partial charge in [-0.1, -0.05) is 11.6 Å². The molecule has 0 saturated carbocycles. The highest BCUT2D eigenvalue weighted by Crippen LogP contribution is 2.21. The lowest BCUT2D eigenvalue weighted by Gasteiger charge is -2.35. The van der Waals surface area contributed by atoms with E-state index in [4.69, 9.17) is 11.6 Å². The monoisotopic (exact) mass is 267 g/mol. The first kappa shape index (κ1) is 13.3. The summed E-state index contributed by atoms with van der Waals surface area (Å²) in [6.45, 7) is 2.54. The highest BCUT2D eigenvalue weighted by Gasteiger charge is 2.23. The number of hydrogen-bond acceptors (Lipinski definition) is 3. The average Bonchev–Trinajstić information content (AvgIpc) is 2.37. The van der Waals surface area contributed by atoms with Gasteiger partial charge >= 0.3 is 0 Å². The Morgan fingerprint density at radius 2 is 2.33 bits per heavy atom. The number of aryl methyl sites for hydroxylation is 1. The molecule has 18 heavy (non-hydrogen) atoms. The van der Waals surface area contributed by atoms with Gasteiger partial charge < -0.3 is 4.90 Å². The van der Waals surface area contributed by atoms with Crippen molar-refractivity contribution in [3.05, 3.63) is 23.2 Å². The molecule has 1 aliphatic heterocycles. The van der Waals surface area contributed by atoms with Crippen molar-refractivity contribution >= 4 is 17.5 Å². The summed E-state index contributed by atoms with van der Waals surface area (Å²) >= 11 is 5.81. The van der Waals surface area contributed by atoms with Gasteiger partial charge in [0.05, 0.1) is 11.9 Å². The maximum absolute atomic E-state index is 11.6. The molecule has 2 heterocycles. The van der Waals surface area contributed by atoms with Gasteiger partial charge in [-0.2, -0.15) is 0 Å². The number of carbonyl (C=O) groups is 1. The Hall–Kier alpha value is -1.16. The molecule has 1 aliphatic rings. The molecule has 0 bridgehead atoms. The second-order valence-corrected chi connectivity index (χ2v) is 5.12. The Bertz CT molecular complexity index is 424. The third kappa shape index (κ3) is 3.42. The van der Waals surface area contributed by atoms with E-state index in [1.807, 2.05) is 4.90 Å². The quantitative estimate of drug-likeness (QED) is 0.845. The van der Waals surface area contributed by atoms with Crippen LogP contribution >= 0.6 is 11.6 Å². The number of rotatable bonds is 3. The van der Waals surface area contributed by atoms with E-state index in [9.17, 15) is 4.79 Å². The van der Waals surface area contributed by atoms with Crippen molar-refractivity contribution in [2.75, 3.05) is 6.54 Å². The summed E-state index contributed by atoms with van der Waals surface area (Å²) in [5.41, 5.74) is 0.900. The van der Waals surface area contributed by atoms with Crippen LogP contribution in [0, 0.1) is 0 Å². The zero-order valence-electron chi connectivity index (χ0n) is 10.6. The van der Waals surface area contributed by atoms with Gasteiger partial charge in [-0.3, -0.25) is 9.78 Å². The molecule has 4 nitrogen and oxygen atoms in total. The molecule has 2 rings (SSSR count). The van der Waals surface area contributed by atoms with E-state index in [0.717, 1.165) is 37.9 Å². The predicted molar refractivity (Wildman–Crippen MR) is 70.4 cm³/mol. The van der Waals surface area contributed by atoms with Crippen molar-refractivity contribution in [3.63, 3.8) is 0 Å². The van der Waals surface area contributed by atoms with Crippen LogP contribution in [0.3, 0.4) is 0 Å². The highest BCUT2D eigenvalue weighted by molar-refractivity contribution is 6.29. The molecular formula is C13H18ClN3O. The van der Waals surface area contributed by atoms with Crippen LogP contribution in [0.25, 0.3) is 0 Å². The third-order valence-electron chi connectivity index (χ3n) is 3.42. The molecule has 0 aliphatic carbocycles. The molecular weight excluding hydrogens is 250 g/mol. The van der Waals surface area contributed by atoms with Crippen LogP contribution in [0.2, 0.25) is 5.15 Å². The first-order valence-corrected chi connectivity index (χ1v) is 6.78. The number of piperidine rings is 1. The van der Waals surface area contributed by atoms with E-state index in [1.54, 1.807) is 13.1 Å². The van der Waals surface area contributed by atoms with Crippen LogP contribution < -0.4 is 0 Å². The zero-order valence-corrected chi connectivity index (χ0v) is 11.4. The fourth-order valence-corrected chi connectivity index (χ4v) is 2.69. The minimum atomic E-state index is 0.178. The number of carbonyl (C=O) groups excluding carboxylic acids is 1. The number of likely N-dealkylation sites (tertiary alicyclic amines) is 1. The van der Waals surface area contributed by atoms with Crippen LogP contribution in [0.4, 0.5) is 0 Å². The largest absolute Gasteiger partial charge is 0.340 e. The molecule has 5 heteroatoms. The summed E-state index contributed by atoms with van der Waals surface area (Å²) in [4.78, 5) is 21.8. The van der Waals surface area contributed by atoms with E-state index < -0.39 is 0 Å². The molecule has 1 saturated heterocycles. The van der Waals surface area contributed by atoms with Gasteiger partial charge in [0.15, 0.2) is 0 Å².